The van der Waals surface area contributed by atoms with Crippen LogP contribution in [0.4, 0.5) is 17.6 Å². The van der Waals surface area contributed by atoms with Crippen molar-refractivity contribution < 1.29 is 4.74 Å². The third-order valence-corrected chi connectivity index (χ3v) is 6.91. The Balaban J connectivity index is 1.29. The molecule has 10 heteroatoms. The first-order valence-corrected chi connectivity index (χ1v) is 13.0. The Morgan fingerprint density at radius 3 is 2.50 bits per heavy atom. The van der Waals surface area contributed by atoms with Gasteiger partial charge in [-0.05, 0) is 50.6 Å². The first-order chi connectivity index (χ1) is 18.2. The Labute approximate surface area is 224 Å². The number of rotatable bonds is 7. The molecule has 4 aromatic rings. The summed E-state index contributed by atoms with van der Waals surface area (Å²) in [5.41, 5.74) is 4.95. The maximum atomic E-state index is 5.31. The minimum Gasteiger partial charge on any atom is -0.467 e. The summed E-state index contributed by atoms with van der Waals surface area (Å²) < 4.78 is 5.31. The number of aromatic nitrogens is 5. The van der Waals surface area contributed by atoms with Crippen molar-refractivity contribution >= 4 is 28.6 Å². The molecule has 1 aliphatic rings. The van der Waals surface area contributed by atoms with Crippen LogP contribution in [-0.4, -0.2) is 87.6 Å². The van der Waals surface area contributed by atoms with Crippen molar-refractivity contribution in [3.05, 3.63) is 48.2 Å². The van der Waals surface area contributed by atoms with Crippen molar-refractivity contribution in [2.24, 2.45) is 0 Å². The van der Waals surface area contributed by atoms with Gasteiger partial charge in [-0.15, -0.1) is 0 Å². The van der Waals surface area contributed by atoms with Gasteiger partial charge in [-0.25, -0.2) is 9.97 Å². The van der Waals surface area contributed by atoms with E-state index in [0.717, 1.165) is 66.7 Å². The molecule has 2 N–H and O–H groups in total. The summed E-state index contributed by atoms with van der Waals surface area (Å²) in [4.78, 5) is 28.5. The van der Waals surface area contributed by atoms with Gasteiger partial charge in [0, 0.05) is 70.2 Å². The lowest BCUT2D eigenvalue weighted by molar-refractivity contribution is 0.0591. The van der Waals surface area contributed by atoms with Gasteiger partial charge in [-0.3, -0.25) is 9.80 Å². The van der Waals surface area contributed by atoms with Gasteiger partial charge in [0.15, 0.2) is 0 Å². The Hall–Kier alpha value is -3.76. The number of pyridine rings is 1. The average Bonchev–Trinajstić information content (AvgIpc) is 3.29. The zero-order valence-corrected chi connectivity index (χ0v) is 23.1. The molecule has 1 fully saturated rings. The summed E-state index contributed by atoms with van der Waals surface area (Å²) in [5, 5.41) is 3.34. The fraction of sp³-hybridized carbons (Fsp3) is 0.429. The van der Waals surface area contributed by atoms with Crippen molar-refractivity contribution in [3.63, 3.8) is 0 Å². The van der Waals surface area contributed by atoms with Crippen molar-refractivity contribution in [2.45, 2.75) is 32.9 Å². The molecule has 0 spiro atoms. The largest absolute Gasteiger partial charge is 0.467 e. The molecule has 1 saturated heterocycles. The zero-order chi connectivity index (χ0) is 26.9. The minimum atomic E-state index is 0.226. The molecule has 1 aliphatic heterocycles. The molecule has 5 rings (SSSR count). The van der Waals surface area contributed by atoms with Crippen LogP contribution in [0, 0.1) is 0 Å². The highest BCUT2D eigenvalue weighted by atomic mass is 16.5. The Morgan fingerprint density at radius 2 is 1.79 bits per heavy atom. The number of hydrogen-bond donors (Lipinski definition) is 2. The molecule has 3 aromatic heterocycles. The maximum Gasteiger partial charge on any atom is 0.318 e. The van der Waals surface area contributed by atoms with Gasteiger partial charge in [-0.1, -0.05) is 6.07 Å². The number of ether oxygens (including phenoxy) is 1. The molecule has 4 heterocycles. The topological polar surface area (TPSA) is 98.3 Å². The number of benzene rings is 1. The molecule has 0 saturated carbocycles. The second-order valence-corrected chi connectivity index (χ2v) is 10.9. The molecular weight excluding hydrogens is 478 g/mol. The van der Waals surface area contributed by atoms with Gasteiger partial charge in [-0.2, -0.15) is 9.97 Å². The number of piperazine rings is 1. The van der Waals surface area contributed by atoms with Crippen molar-refractivity contribution in [1.82, 2.24) is 34.7 Å². The number of anilines is 3. The summed E-state index contributed by atoms with van der Waals surface area (Å²) in [6.07, 6.45) is 1.86. The van der Waals surface area contributed by atoms with E-state index in [1.807, 2.05) is 49.5 Å². The van der Waals surface area contributed by atoms with Crippen LogP contribution in [0.25, 0.3) is 22.3 Å². The molecule has 200 valence electrons. The van der Waals surface area contributed by atoms with Crippen LogP contribution in [-0.2, 0) is 6.54 Å². The first kappa shape index (κ1) is 25.9. The molecular formula is C28H37N9O. The van der Waals surface area contributed by atoms with E-state index in [2.05, 4.69) is 68.0 Å². The minimum absolute atomic E-state index is 0.226. The molecule has 0 atom stereocenters. The molecule has 0 radical (unpaired) electrons. The highest BCUT2D eigenvalue weighted by Crippen LogP contribution is 2.27. The number of H-pyrrole nitrogens is 1. The number of imidazole rings is 1. The first-order valence-electron chi connectivity index (χ1n) is 13.0. The lowest BCUT2D eigenvalue weighted by Gasteiger charge is -2.42. The average molecular weight is 516 g/mol. The van der Waals surface area contributed by atoms with Crippen molar-refractivity contribution in [1.29, 1.82) is 0 Å². The van der Waals surface area contributed by atoms with Gasteiger partial charge < -0.3 is 19.9 Å². The molecule has 1 aromatic carbocycles. The Morgan fingerprint density at radius 1 is 1.00 bits per heavy atom. The number of hydrogen-bond acceptors (Lipinski definition) is 9. The monoisotopic (exact) mass is 515 g/mol. The summed E-state index contributed by atoms with van der Waals surface area (Å²) in [6.45, 7) is 12.1. The quantitative estimate of drug-likeness (QED) is 0.376. The Kier molecular flexibility index (Phi) is 7.18. The van der Waals surface area contributed by atoms with Crippen LogP contribution in [0.15, 0.2) is 42.6 Å². The van der Waals surface area contributed by atoms with Crippen LogP contribution >= 0.6 is 0 Å². The SMILES string of the molecule is COc1nc(-c2ccc3nc(Nc4cc(CN5CCN(C(C)(C)C)CC5)ccn4)[nH]c3c2)cc(N(C)C)n1. The van der Waals surface area contributed by atoms with Crippen LogP contribution in [0.5, 0.6) is 6.01 Å². The summed E-state index contributed by atoms with van der Waals surface area (Å²) in [5.74, 6) is 2.20. The normalized spacial score (nSPS) is 15.1. The second kappa shape index (κ2) is 10.5. The van der Waals surface area contributed by atoms with Crippen molar-refractivity contribution in [2.75, 3.05) is 57.6 Å². The predicted octanol–water partition coefficient (Wildman–Crippen LogP) is 4.15. The highest BCUT2D eigenvalue weighted by molar-refractivity contribution is 5.83. The van der Waals surface area contributed by atoms with Crippen LogP contribution < -0.4 is 15.0 Å². The van der Waals surface area contributed by atoms with E-state index >= 15 is 0 Å². The van der Waals surface area contributed by atoms with Gasteiger partial charge in [0.25, 0.3) is 0 Å². The number of methoxy groups -OCH3 is 1. The summed E-state index contributed by atoms with van der Waals surface area (Å²) >= 11 is 0. The summed E-state index contributed by atoms with van der Waals surface area (Å²) in [6, 6.07) is 12.5. The maximum absolute atomic E-state index is 5.31. The second-order valence-electron chi connectivity index (χ2n) is 10.9. The van der Waals surface area contributed by atoms with Crippen LogP contribution in [0.3, 0.4) is 0 Å². The fourth-order valence-corrected chi connectivity index (χ4v) is 4.71. The third kappa shape index (κ3) is 5.87. The molecule has 10 nitrogen and oxygen atoms in total. The van der Waals surface area contributed by atoms with E-state index < -0.39 is 0 Å². The van der Waals surface area contributed by atoms with Gasteiger partial charge in [0.2, 0.25) is 5.95 Å². The van der Waals surface area contributed by atoms with Crippen LogP contribution in [0.2, 0.25) is 0 Å². The van der Waals surface area contributed by atoms with Crippen LogP contribution in [0.1, 0.15) is 26.3 Å². The van der Waals surface area contributed by atoms with E-state index in [9.17, 15) is 0 Å². The number of fused-ring (bicyclic) bond motifs is 1. The fourth-order valence-electron chi connectivity index (χ4n) is 4.71. The Bertz CT molecular complexity index is 1400. The van der Waals surface area contributed by atoms with E-state index in [4.69, 9.17) is 9.72 Å². The van der Waals surface area contributed by atoms with E-state index in [0.29, 0.717) is 12.0 Å². The van der Waals surface area contributed by atoms with Gasteiger partial charge in [0.1, 0.15) is 11.6 Å². The number of nitrogens with zero attached hydrogens (tertiary/aromatic N) is 7. The van der Waals surface area contributed by atoms with Gasteiger partial charge >= 0.3 is 6.01 Å². The summed E-state index contributed by atoms with van der Waals surface area (Å²) in [7, 11) is 5.46. The molecule has 38 heavy (non-hydrogen) atoms. The van der Waals surface area contributed by atoms with E-state index in [1.54, 1.807) is 7.11 Å². The molecule has 0 amide bonds. The van der Waals surface area contributed by atoms with E-state index in [-0.39, 0.29) is 5.54 Å². The molecule has 0 bridgehead atoms. The molecule has 0 unspecified atom stereocenters. The lowest BCUT2D eigenvalue weighted by atomic mass is 10.0. The highest BCUT2D eigenvalue weighted by Gasteiger charge is 2.25. The predicted molar refractivity (Wildman–Crippen MR) is 152 cm³/mol. The van der Waals surface area contributed by atoms with E-state index in [1.165, 1.54) is 5.56 Å². The standard InChI is InChI=1S/C28H37N9O/c1-28(2,3)37-13-11-36(12-14-37)18-19-9-10-29-24(15-19)33-26-30-21-8-7-20(16-23(21)31-26)22-17-25(35(4)5)34-27(32-22)38-6/h7-10,15-17H,11-14,18H2,1-6H3,(H2,29,30,31,33). The lowest BCUT2D eigenvalue weighted by Crippen LogP contribution is -2.53. The number of aromatic amines is 1. The smallest absolute Gasteiger partial charge is 0.318 e. The van der Waals surface area contributed by atoms with Gasteiger partial charge in [0.05, 0.1) is 23.8 Å². The molecule has 0 aliphatic carbocycles. The zero-order valence-electron chi connectivity index (χ0n) is 23.1. The number of nitrogens with one attached hydrogen (secondary N) is 2. The third-order valence-electron chi connectivity index (χ3n) is 6.91. The van der Waals surface area contributed by atoms with Crippen molar-refractivity contribution in [3.8, 4) is 17.3 Å².